The van der Waals surface area contributed by atoms with Crippen LogP contribution in [0.3, 0.4) is 0 Å². The van der Waals surface area contributed by atoms with Gasteiger partial charge in [-0.15, -0.1) is 0 Å². The molecule has 1 aromatic carbocycles. The Bertz CT molecular complexity index is 415. The van der Waals surface area contributed by atoms with Crippen LogP contribution in [0.2, 0.25) is 5.02 Å². The second-order valence-corrected chi connectivity index (χ2v) is 6.19. The van der Waals surface area contributed by atoms with Crippen LogP contribution in [0.1, 0.15) is 25.8 Å². The number of benzene rings is 1. The number of ether oxygens (including phenoxy) is 1. The summed E-state index contributed by atoms with van der Waals surface area (Å²) in [5.41, 5.74) is 2.57. The minimum Gasteiger partial charge on any atom is -0.380 e. The van der Waals surface area contributed by atoms with E-state index in [9.17, 15) is 0 Å². The third kappa shape index (κ3) is 4.65. The highest BCUT2D eigenvalue weighted by molar-refractivity contribution is 6.30. The molecule has 1 heterocycles. The molecule has 0 bridgehead atoms. The molecule has 0 amide bonds. The Morgan fingerprint density at radius 3 is 2.95 bits per heavy atom. The summed E-state index contributed by atoms with van der Waals surface area (Å²) in [6, 6.07) is 6.20. The van der Waals surface area contributed by atoms with E-state index in [0.717, 1.165) is 50.8 Å². The molecule has 0 spiro atoms. The molecule has 20 heavy (non-hydrogen) atoms. The van der Waals surface area contributed by atoms with E-state index in [4.69, 9.17) is 16.3 Å². The summed E-state index contributed by atoms with van der Waals surface area (Å²) in [5.74, 6) is 0.664. The fourth-order valence-corrected chi connectivity index (χ4v) is 2.63. The van der Waals surface area contributed by atoms with Crippen molar-refractivity contribution in [3.05, 3.63) is 28.8 Å². The molecule has 0 unspecified atom stereocenters. The molecule has 1 aromatic rings. The molecule has 1 aliphatic heterocycles. The van der Waals surface area contributed by atoms with Crippen molar-refractivity contribution in [2.24, 2.45) is 5.92 Å². The van der Waals surface area contributed by atoms with Crippen molar-refractivity contribution in [3.63, 3.8) is 0 Å². The number of halogens is 1. The normalized spacial score (nSPS) is 16.5. The van der Waals surface area contributed by atoms with Gasteiger partial charge in [-0.25, -0.2) is 0 Å². The highest BCUT2D eigenvalue weighted by atomic mass is 35.5. The molecule has 4 heteroatoms. The Morgan fingerprint density at radius 2 is 2.15 bits per heavy atom. The summed E-state index contributed by atoms with van der Waals surface area (Å²) in [7, 11) is 0. The molecule has 1 N–H and O–H groups in total. The van der Waals surface area contributed by atoms with Crippen LogP contribution in [0.25, 0.3) is 0 Å². The maximum atomic E-state index is 6.18. The second kappa shape index (κ2) is 7.87. The van der Waals surface area contributed by atoms with E-state index in [-0.39, 0.29) is 0 Å². The zero-order chi connectivity index (χ0) is 14.4. The van der Waals surface area contributed by atoms with Crippen LogP contribution in [0, 0.1) is 5.92 Å². The fraction of sp³-hybridized carbons (Fsp3) is 0.625. The summed E-state index contributed by atoms with van der Waals surface area (Å²) in [6.07, 6.45) is 1.07. The third-order valence-corrected chi connectivity index (χ3v) is 3.71. The molecule has 0 aromatic heterocycles. The molecular weight excluding hydrogens is 272 g/mol. The number of nitrogens with one attached hydrogen (secondary N) is 1. The zero-order valence-corrected chi connectivity index (χ0v) is 13.2. The van der Waals surface area contributed by atoms with Crippen molar-refractivity contribution in [1.29, 1.82) is 0 Å². The van der Waals surface area contributed by atoms with E-state index in [1.807, 2.05) is 6.07 Å². The van der Waals surface area contributed by atoms with Crippen LogP contribution >= 0.6 is 11.6 Å². The number of rotatable bonds is 5. The largest absolute Gasteiger partial charge is 0.380 e. The highest BCUT2D eigenvalue weighted by Crippen LogP contribution is 2.26. The van der Waals surface area contributed by atoms with Gasteiger partial charge < -0.3 is 15.0 Å². The maximum absolute atomic E-state index is 6.18. The average Bonchev–Trinajstić information content (AvgIpc) is 2.69. The molecule has 0 saturated carbocycles. The van der Waals surface area contributed by atoms with E-state index in [1.54, 1.807) is 0 Å². The van der Waals surface area contributed by atoms with Crippen LogP contribution < -0.4 is 10.2 Å². The lowest BCUT2D eigenvalue weighted by Gasteiger charge is -2.25. The molecule has 112 valence electrons. The molecule has 1 saturated heterocycles. The number of hydrogen-bond acceptors (Lipinski definition) is 3. The van der Waals surface area contributed by atoms with E-state index >= 15 is 0 Å². The number of anilines is 1. The van der Waals surface area contributed by atoms with Crippen LogP contribution in [-0.2, 0) is 11.3 Å². The first-order valence-electron chi connectivity index (χ1n) is 7.48. The van der Waals surface area contributed by atoms with Gasteiger partial charge in [0.1, 0.15) is 0 Å². The summed E-state index contributed by atoms with van der Waals surface area (Å²) >= 11 is 6.18. The Kier molecular flexibility index (Phi) is 6.14. The van der Waals surface area contributed by atoms with Gasteiger partial charge >= 0.3 is 0 Å². The Balaban J connectivity index is 2.09. The summed E-state index contributed by atoms with van der Waals surface area (Å²) in [6.45, 7) is 10.0. The highest BCUT2D eigenvalue weighted by Gasteiger charge is 2.14. The first-order valence-corrected chi connectivity index (χ1v) is 7.86. The van der Waals surface area contributed by atoms with E-state index in [1.165, 1.54) is 11.3 Å². The van der Waals surface area contributed by atoms with Gasteiger partial charge in [0.2, 0.25) is 0 Å². The van der Waals surface area contributed by atoms with Crippen molar-refractivity contribution in [2.75, 3.05) is 37.7 Å². The van der Waals surface area contributed by atoms with Crippen molar-refractivity contribution >= 4 is 17.3 Å². The van der Waals surface area contributed by atoms with Gasteiger partial charge in [0.25, 0.3) is 0 Å². The van der Waals surface area contributed by atoms with Crippen LogP contribution in [-0.4, -0.2) is 32.8 Å². The predicted molar refractivity (Wildman–Crippen MR) is 85.6 cm³/mol. The Hall–Kier alpha value is -0.770. The van der Waals surface area contributed by atoms with Gasteiger partial charge in [0.15, 0.2) is 0 Å². The van der Waals surface area contributed by atoms with E-state index in [2.05, 4.69) is 36.2 Å². The molecule has 1 fully saturated rings. The maximum Gasteiger partial charge on any atom is 0.0641 e. The van der Waals surface area contributed by atoms with Gasteiger partial charge in [0.05, 0.1) is 6.61 Å². The lowest BCUT2D eigenvalue weighted by Crippen LogP contribution is -2.28. The predicted octanol–water partition coefficient (Wildman–Crippen LogP) is 3.31. The van der Waals surface area contributed by atoms with Crippen molar-refractivity contribution in [2.45, 2.75) is 26.8 Å². The summed E-state index contributed by atoms with van der Waals surface area (Å²) in [4.78, 5) is 2.39. The SMILES string of the molecule is CC(C)CNCc1ccc(Cl)cc1N1CCCOCC1. The topological polar surface area (TPSA) is 24.5 Å². The average molecular weight is 297 g/mol. The molecule has 1 aliphatic rings. The fourth-order valence-electron chi connectivity index (χ4n) is 2.46. The standard InChI is InChI=1S/C16H25ClN2O/c1-13(2)11-18-12-14-4-5-15(17)10-16(14)19-6-3-8-20-9-7-19/h4-5,10,13,18H,3,6-9,11-12H2,1-2H3. The Morgan fingerprint density at radius 1 is 1.30 bits per heavy atom. The van der Waals surface area contributed by atoms with Crippen LogP contribution in [0.15, 0.2) is 18.2 Å². The molecular formula is C16H25ClN2O. The Labute approximate surface area is 127 Å². The molecule has 3 nitrogen and oxygen atoms in total. The molecule has 0 aliphatic carbocycles. The molecule has 0 atom stereocenters. The van der Waals surface area contributed by atoms with Crippen molar-refractivity contribution < 1.29 is 4.74 Å². The third-order valence-electron chi connectivity index (χ3n) is 3.48. The van der Waals surface area contributed by atoms with Gasteiger partial charge in [-0.05, 0) is 36.6 Å². The minimum absolute atomic E-state index is 0.664. The number of nitrogens with zero attached hydrogens (tertiary/aromatic N) is 1. The van der Waals surface area contributed by atoms with E-state index < -0.39 is 0 Å². The molecule has 0 radical (unpaired) electrons. The summed E-state index contributed by atoms with van der Waals surface area (Å²) < 4.78 is 5.54. The van der Waals surface area contributed by atoms with Gasteiger partial charge in [-0.1, -0.05) is 31.5 Å². The second-order valence-electron chi connectivity index (χ2n) is 5.75. The first-order chi connectivity index (χ1) is 9.66. The smallest absolute Gasteiger partial charge is 0.0641 e. The first kappa shape index (κ1) is 15.6. The van der Waals surface area contributed by atoms with Gasteiger partial charge in [-0.3, -0.25) is 0 Å². The van der Waals surface area contributed by atoms with Crippen molar-refractivity contribution in [1.82, 2.24) is 5.32 Å². The molecule has 2 rings (SSSR count). The van der Waals surface area contributed by atoms with Gasteiger partial charge in [-0.2, -0.15) is 0 Å². The van der Waals surface area contributed by atoms with Crippen LogP contribution in [0.5, 0.6) is 0 Å². The lowest BCUT2D eigenvalue weighted by molar-refractivity contribution is 0.152. The monoisotopic (exact) mass is 296 g/mol. The van der Waals surface area contributed by atoms with E-state index in [0.29, 0.717) is 5.92 Å². The summed E-state index contributed by atoms with van der Waals surface area (Å²) in [5, 5.41) is 4.32. The quantitative estimate of drug-likeness (QED) is 0.902. The van der Waals surface area contributed by atoms with Crippen molar-refractivity contribution in [3.8, 4) is 0 Å². The lowest BCUT2D eigenvalue weighted by atomic mass is 10.1. The minimum atomic E-state index is 0.664. The van der Waals surface area contributed by atoms with Gasteiger partial charge in [0, 0.05) is 37.0 Å². The number of hydrogen-bond donors (Lipinski definition) is 1. The van der Waals surface area contributed by atoms with Crippen LogP contribution in [0.4, 0.5) is 5.69 Å². The zero-order valence-electron chi connectivity index (χ0n) is 12.5.